The van der Waals surface area contributed by atoms with Crippen molar-refractivity contribution in [2.24, 2.45) is 35.3 Å². The molecule has 6 aromatic carbocycles. The molecule has 4 saturated carbocycles. The molecule has 8 amide bonds. The first-order chi connectivity index (χ1) is 59.9. The first kappa shape index (κ1) is 92.0. The zero-order valence-electron chi connectivity index (χ0n) is 69.5. The number of fused-ring (bicyclic) bond motifs is 15. The molecule has 678 valence electrons. The van der Waals surface area contributed by atoms with E-state index >= 15 is 28.8 Å². The summed E-state index contributed by atoms with van der Waals surface area (Å²) in [5.74, 6) is -14.2. The average Bonchev–Trinajstić information content (AvgIpc) is 0.755. The molecule has 4 aliphatic carbocycles. The van der Waals surface area contributed by atoms with Crippen molar-refractivity contribution >= 4 is 80.5 Å². The number of phenolic OH excluding ortho intramolecular Hbond substituents is 3. The maximum Gasteiger partial charge on any atom is 0.264 e. The van der Waals surface area contributed by atoms with E-state index in [0.29, 0.717) is 24.9 Å². The van der Waals surface area contributed by atoms with E-state index < -0.39 is 252 Å². The second-order valence-corrected chi connectivity index (χ2v) is 36.9. The lowest BCUT2D eigenvalue weighted by molar-refractivity contribution is -0.333. The number of hydrogen-bond acceptors (Lipinski definition) is 28. The molecule has 6 fully saturated rings. The number of aromatic hydroxyl groups is 3. The van der Waals surface area contributed by atoms with Crippen LogP contribution in [0.15, 0.2) is 108 Å². The Kier molecular flexibility index (Phi) is 27.7. The van der Waals surface area contributed by atoms with Crippen LogP contribution in [0.5, 0.6) is 51.7 Å². The van der Waals surface area contributed by atoms with E-state index in [-0.39, 0.29) is 69.9 Å². The van der Waals surface area contributed by atoms with Gasteiger partial charge in [0.1, 0.15) is 101 Å². The maximum absolute atomic E-state index is 16.7. The summed E-state index contributed by atoms with van der Waals surface area (Å²) in [4.78, 5) is 125. The highest BCUT2D eigenvalue weighted by Gasteiger charge is 2.53. The van der Waals surface area contributed by atoms with Crippen LogP contribution in [0.4, 0.5) is 0 Å². The van der Waals surface area contributed by atoms with Crippen molar-refractivity contribution in [3.8, 4) is 62.9 Å². The van der Waals surface area contributed by atoms with Gasteiger partial charge in [0.05, 0.1) is 52.8 Å². The first-order valence-corrected chi connectivity index (χ1v) is 44.1. The number of benzene rings is 6. The average molecular weight is 1810 g/mol. The van der Waals surface area contributed by atoms with Gasteiger partial charge >= 0.3 is 0 Å². The zero-order valence-corrected chi connectivity index (χ0v) is 71.8. The van der Waals surface area contributed by atoms with Crippen molar-refractivity contribution in [2.75, 3.05) is 20.3 Å². The van der Waals surface area contributed by atoms with Crippen LogP contribution in [-0.4, -0.2) is 207 Å². The number of amides is 8. The van der Waals surface area contributed by atoms with Crippen LogP contribution in [0.25, 0.3) is 11.1 Å². The van der Waals surface area contributed by atoms with Crippen molar-refractivity contribution < 1.29 is 126 Å². The van der Waals surface area contributed by atoms with E-state index in [1.54, 1.807) is 13.8 Å². The number of ether oxygens (including phenoxy) is 7. The van der Waals surface area contributed by atoms with Gasteiger partial charge in [-0.2, -0.15) is 0 Å². The maximum atomic E-state index is 16.7. The highest BCUT2D eigenvalue weighted by molar-refractivity contribution is 7.90. The minimum Gasteiger partial charge on any atom is -0.508 e. The standard InChI is InChI=1S/C87H104Cl2N10O26S/c1-7-8-9-20-119-48-13-15-49(16-14-48)126(117,118)99-63(104)34-55-80(111)94-68-46-30-60(121-58-18-11-42(28-52(58)88)72(105)70(84(115)92-55)97-79(110)54(91-6)21-37(2)3)76(125-86-77(75(108)74(107)62(36-100)123-86)124-64-35-87(5,90)78(109)38(4)120-64)61(31-46)122-59-19-12-43(29-53(59)89)73(106)71-85(116)96-69(83(114)93-66-44-23-39-22-40(25-44)26-45(66)24-39)51-32-47(101)33-57(103)65(51)50-27-41(10-17-56(50)102)67(81(112)98-71)95-82(68)113/h10-19,27-33,37-40,44-45,54-55,62,64,66-75,77-78,86,91,100-103,105-109H,7-9,20-26,34-36,90H2,1-6H3,(H,92,115)(H,93,114)(H,94,111)(H,95,113)(H,96,116)(H,97,110)(H,98,112)(H,99,104)/t38?,39?,40?,44?,45?,54?,55?,62?,64?,66?,67?,68?,69-,70?,71?,72?,73?,74?,75?,77?,78?,86?,87-/m0/s1. The highest BCUT2D eigenvalue weighted by Crippen LogP contribution is 2.55. The number of aliphatic hydroxyl groups excluding tert-OH is 6. The third kappa shape index (κ3) is 19.7. The fourth-order valence-corrected chi connectivity index (χ4v) is 19.9. The minimum atomic E-state index is -4.92. The largest absolute Gasteiger partial charge is 0.508 e. The van der Waals surface area contributed by atoms with Gasteiger partial charge in [-0.1, -0.05) is 75.0 Å². The van der Waals surface area contributed by atoms with Gasteiger partial charge in [-0.05, 0) is 202 Å². The Balaban J connectivity index is 0.964. The molecule has 2 saturated heterocycles. The molecule has 126 heavy (non-hydrogen) atoms. The zero-order chi connectivity index (χ0) is 90.4. The Morgan fingerprint density at radius 3 is 1.90 bits per heavy atom. The van der Waals surface area contributed by atoms with E-state index in [1.165, 1.54) is 51.2 Å². The minimum absolute atomic E-state index is 0.0450. The second-order valence-electron chi connectivity index (χ2n) is 34.4. The molecule has 20 N–H and O–H groups in total. The molecule has 18 atom stereocenters. The third-order valence-electron chi connectivity index (χ3n) is 24.7. The Labute approximate surface area is 734 Å². The number of aliphatic hydroxyl groups is 6. The smallest absolute Gasteiger partial charge is 0.264 e. The number of nitrogens with two attached hydrogens (primary N) is 1. The lowest BCUT2D eigenvalue weighted by atomic mass is 9.54. The number of carbonyl (C=O) groups is 8. The predicted octanol–water partition coefficient (Wildman–Crippen LogP) is 4.55. The molecule has 0 aromatic heterocycles. The van der Waals surface area contributed by atoms with Crippen LogP contribution in [0.1, 0.15) is 163 Å². The normalized spacial score (nSPS) is 30.3. The van der Waals surface area contributed by atoms with Crippen LogP contribution in [0.3, 0.4) is 0 Å². The van der Waals surface area contributed by atoms with E-state index in [2.05, 4.69) is 42.5 Å². The lowest BCUT2D eigenvalue weighted by Gasteiger charge is -2.54. The number of nitrogens with one attached hydrogen (secondary N) is 9. The van der Waals surface area contributed by atoms with Crippen LogP contribution in [0, 0.1) is 29.6 Å². The van der Waals surface area contributed by atoms with Crippen molar-refractivity contribution in [3.63, 3.8) is 0 Å². The fourth-order valence-electron chi connectivity index (χ4n) is 18.4. The summed E-state index contributed by atoms with van der Waals surface area (Å²) in [6.45, 7) is 7.91. The molecule has 15 bridgehead atoms. The van der Waals surface area contributed by atoms with Crippen molar-refractivity contribution in [3.05, 3.63) is 141 Å². The molecule has 39 heteroatoms. The number of likely N-dealkylation sites (N-methyl/N-ethyl adjacent to an activating group) is 1. The fraction of sp³-hybridized carbons (Fsp3) is 0.494. The van der Waals surface area contributed by atoms with E-state index in [1.807, 2.05) is 11.6 Å². The van der Waals surface area contributed by atoms with E-state index in [0.717, 1.165) is 118 Å². The number of hydrogen-bond donors (Lipinski definition) is 19. The molecule has 16 unspecified atom stereocenters. The van der Waals surface area contributed by atoms with Crippen LogP contribution in [0.2, 0.25) is 10.0 Å². The molecule has 6 aromatic rings. The summed E-state index contributed by atoms with van der Waals surface area (Å²) in [6, 6.07) is 4.19. The molecule has 7 aliphatic heterocycles. The SMILES string of the molecule is CCCCCOc1ccc(S(=O)(=O)NC(=O)CC2NC(=O)C(NC(=O)C(CC(C)C)NC)C(O)c3ccc(c(Cl)c3)Oc3cc4cc(c3OC3OC(CO)C(O)C(O)C3OC3C[C@](C)(N)C(O)C(C)O3)Oc3ccc(cc3Cl)C(O)C3NC(=O)C(NC(=O)C4NC2=O)c2ccc(O)c(c2)-c2c(O)cc(O)cc2[C@@H](C(=O)NC2C4CC5CC(C4)CC2C5)NC3=O)cc1. The molecule has 0 spiro atoms. The quantitative estimate of drug-likeness (QED) is 0.0439. The van der Waals surface area contributed by atoms with Gasteiger partial charge in [0.15, 0.2) is 23.9 Å². The topological polar surface area (TPSA) is 552 Å². The second kappa shape index (κ2) is 38.0. The molecule has 7 heterocycles. The number of rotatable bonds is 21. The molecular weight excluding hydrogens is 1700 g/mol. The van der Waals surface area contributed by atoms with Gasteiger partial charge in [0.25, 0.3) is 10.0 Å². The van der Waals surface area contributed by atoms with Crippen LogP contribution < -0.4 is 71.9 Å². The predicted molar refractivity (Wildman–Crippen MR) is 448 cm³/mol. The molecule has 0 radical (unpaired) electrons. The number of halogens is 2. The van der Waals surface area contributed by atoms with Crippen LogP contribution >= 0.6 is 23.2 Å². The van der Waals surface area contributed by atoms with Crippen molar-refractivity contribution in [1.82, 2.24) is 47.3 Å². The van der Waals surface area contributed by atoms with Gasteiger partial charge in [-0.15, -0.1) is 0 Å². The number of phenols is 3. The Morgan fingerprint density at radius 1 is 0.675 bits per heavy atom. The monoisotopic (exact) mass is 1810 g/mol. The molecule has 36 nitrogen and oxygen atoms in total. The number of unbranched alkanes of at least 4 members (excludes halogenated alkanes) is 2. The Morgan fingerprint density at radius 2 is 1.29 bits per heavy atom. The van der Waals surface area contributed by atoms with E-state index in [9.17, 15) is 64.0 Å². The lowest BCUT2D eigenvalue weighted by Crippen LogP contribution is -2.64. The van der Waals surface area contributed by atoms with Gasteiger partial charge in [0.2, 0.25) is 59.3 Å². The summed E-state index contributed by atoms with van der Waals surface area (Å²) in [6.07, 6.45) is -12.6. The summed E-state index contributed by atoms with van der Waals surface area (Å²) in [5, 5.41) is 127. The van der Waals surface area contributed by atoms with Gasteiger partial charge in [0, 0.05) is 35.2 Å². The highest BCUT2D eigenvalue weighted by atomic mass is 35.5. The van der Waals surface area contributed by atoms with Gasteiger partial charge in [-0.25, -0.2) is 13.1 Å². The van der Waals surface area contributed by atoms with E-state index in [4.69, 9.17) is 62.1 Å². The Hall–Kier alpha value is -10.2. The number of sulfonamides is 1. The van der Waals surface area contributed by atoms with Gasteiger partial charge in [-0.3, -0.25) is 38.4 Å². The van der Waals surface area contributed by atoms with Crippen molar-refractivity contribution in [1.29, 1.82) is 0 Å². The summed E-state index contributed by atoms with van der Waals surface area (Å²) < 4.78 is 75.3. The summed E-state index contributed by atoms with van der Waals surface area (Å²) in [5.41, 5.74) is 2.73. The molecular formula is C87H104Cl2N10O26S. The van der Waals surface area contributed by atoms with Crippen molar-refractivity contribution in [2.45, 2.75) is 225 Å². The number of carbonyl (C=O) groups excluding carboxylic acids is 8. The summed E-state index contributed by atoms with van der Waals surface area (Å²) in [7, 11) is -3.46. The first-order valence-electron chi connectivity index (χ1n) is 41.9. The van der Waals surface area contributed by atoms with Crippen LogP contribution in [-0.2, 0) is 62.6 Å². The molecule has 11 aliphatic rings. The van der Waals surface area contributed by atoms with Gasteiger partial charge < -0.3 is 127 Å². The Bertz CT molecular complexity index is 5240. The summed E-state index contributed by atoms with van der Waals surface area (Å²) >= 11 is 14.5. The third-order valence-corrected chi connectivity index (χ3v) is 26.7. The molecule has 17 rings (SSSR count).